The van der Waals surface area contributed by atoms with Crippen molar-refractivity contribution in [2.75, 3.05) is 0 Å². The molecule has 82 valence electrons. The van der Waals surface area contributed by atoms with Crippen LogP contribution in [0.15, 0.2) is 30.3 Å². The highest BCUT2D eigenvalue weighted by molar-refractivity contribution is 7.89. The van der Waals surface area contributed by atoms with E-state index in [9.17, 15) is 8.42 Å². The molecule has 1 fully saturated rings. The van der Waals surface area contributed by atoms with Crippen molar-refractivity contribution in [3.8, 4) is 0 Å². The Morgan fingerprint density at radius 2 is 1.80 bits per heavy atom. The predicted molar refractivity (Wildman–Crippen MR) is 59.8 cm³/mol. The molecule has 0 heterocycles. The number of hydrogen-bond acceptors (Lipinski definition) is 2. The lowest BCUT2D eigenvalue weighted by molar-refractivity contribution is 0.314. The molecule has 0 aliphatic heterocycles. The lowest BCUT2D eigenvalue weighted by Crippen LogP contribution is -2.40. The van der Waals surface area contributed by atoms with Gasteiger partial charge in [0.25, 0.3) is 0 Å². The van der Waals surface area contributed by atoms with Crippen molar-refractivity contribution in [3.05, 3.63) is 35.9 Å². The van der Waals surface area contributed by atoms with Crippen LogP contribution in [0, 0.1) is 5.92 Å². The summed E-state index contributed by atoms with van der Waals surface area (Å²) in [7, 11) is -3.29. The smallest absolute Gasteiger partial charge is 0.211 e. The van der Waals surface area contributed by atoms with Crippen molar-refractivity contribution in [2.24, 2.45) is 11.1 Å². The van der Waals surface area contributed by atoms with Gasteiger partial charge in [-0.05, 0) is 30.7 Å². The summed E-state index contributed by atoms with van der Waals surface area (Å²) in [5, 5.41) is 4.77. The summed E-state index contributed by atoms with van der Waals surface area (Å²) in [6.07, 6.45) is 2.40. The number of nitrogens with two attached hydrogens (primary N) is 1. The second-order valence-electron chi connectivity index (χ2n) is 4.24. The molecule has 0 amide bonds. The van der Waals surface area contributed by atoms with Gasteiger partial charge < -0.3 is 0 Å². The first-order valence-corrected chi connectivity index (χ1v) is 6.72. The average molecular weight is 225 g/mol. The lowest BCUT2D eigenvalue weighted by Gasteiger charge is -2.33. The molecule has 2 N–H and O–H groups in total. The summed E-state index contributed by atoms with van der Waals surface area (Å²) in [4.78, 5) is 0. The summed E-state index contributed by atoms with van der Waals surface area (Å²) >= 11 is 0. The first-order chi connectivity index (χ1) is 7.05. The van der Waals surface area contributed by atoms with Crippen LogP contribution in [0.3, 0.4) is 0 Å². The van der Waals surface area contributed by atoms with Gasteiger partial charge in [0.15, 0.2) is 0 Å². The van der Waals surface area contributed by atoms with Crippen LogP contribution in [0.5, 0.6) is 0 Å². The summed E-state index contributed by atoms with van der Waals surface area (Å²) < 4.78 is 22.0. The predicted octanol–water partition coefficient (Wildman–Crippen LogP) is 1.30. The van der Waals surface area contributed by atoms with Gasteiger partial charge in [-0.25, -0.2) is 13.6 Å². The Bertz CT molecular complexity index is 421. The minimum atomic E-state index is -3.29. The van der Waals surface area contributed by atoms with E-state index in [2.05, 4.69) is 12.1 Å². The quantitative estimate of drug-likeness (QED) is 0.842. The second-order valence-corrected chi connectivity index (χ2v) is 6.08. The molecule has 0 radical (unpaired) electrons. The molecule has 15 heavy (non-hydrogen) atoms. The van der Waals surface area contributed by atoms with Crippen molar-refractivity contribution >= 4 is 10.0 Å². The Kier molecular flexibility index (Phi) is 2.80. The highest BCUT2D eigenvalue weighted by atomic mass is 32.2. The summed E-state index contributed by atoms with van der Waals surface area (Å²) in [5.41, 5.74) is 1.27. The number of benzene rings is 1. The molecule has 1 saturated carbocycles. The van der Waals surface area contributed by atoms with Crippen LogP contribution >= 0.6 is 0 Å². The monoisotopic (exact) mass is 225 g/mol. The molecule has 2 rings (SSSR count). The third-order valence-electron chi connectivity index (χ3n) is 3.02. The Hall–Kier alpha value is -0.870. The maximum Gasteiger partial charge on any atom is 0.211 e. The van der Waals surface area contributed by atoms with Gasteiger partial charge in [0.2, 0.25) is 10.0 Å². The number of sulfonamides is 1. The van der Waals surface area contributed by atoms with Crippen molar-refractivity contribution < 1.29 is 8.42 Å². The molecule has 4 heteroatoms. The Morgan fingerprint density at radius 3 is 2.33 bits per heavy atom. The molecule has 1 aliphatic rings. The van der Waals surface area contributed by atoms with E-state index in [-0.39, 0.29) is 5.25 Å². The van der Waals surface area contributed by atoms with Gasteiger partial charge in [-0.3, -0.25) is 0 Å². The lowest BCUT2D eigenvalue weighted by atomic mass is 9.80. The zero-order valence-corrected chi connectivity index (χ0v) is 9.28. The molecule has 0 spiro atoms. The first kappa shape index (κ1) is 10.6. The van der Waals surface area contributed by atoms with Gasteiger partial charge in [-0.1, -0.05) is 30.3 Å². The molecule has 1 aromatic carbocycles. The Balaban J connectivity index is 1.87. The third-order valence-corrected chi connectivity index (χ3v) is 4.34. The average Bonchev–Trinajstić information content (AvgIpc) is 2.10. The molecule has 1 aromatic rings. The standard InChI is InChI=1S/C11H15NO2S/c12-15(13,14)11-7-10(8-11)6-9-4-2-1-3-5-9/h1-5,10-11H,6-8H2,(H2,12,13,14). The van der Waals surface area contributed by atoms with E-state index >= 15 is 0 Å². The van der Waals surface area contributed by atoms with Crippen LogP contribution in [0.1, 0.15) is 18.4 Å². The number of rotatable bonds is 3. The molecule has 0 unspecified atom stereocenters. The summed E-state index contributed by atoms with van der Waals surface area (Å²) in [6, 6.07) is 10.1. The highest BCUT2D eigenvalue weighted by Crippen LogP contribution is 2.34. The molecule has 0 saturated heterocycles. The number of hydrogen-bond donors (Lipinski definition) is 1. The number of primary sulfonamides is 1. The zero-order valence-electron chi connectivity index (χ0n) is 8.46. The van der Waals surface area contributed by atoms with E-state index in [4.69, 9.17) is 5.14 Å². The summed E-state index contributed by atoms with van der Waals surface area (Å²) in [6.45, 7) is 0. The van der Waals surface area contributed by atoms with E-state index < -0.39 is 10.0 Å². The van der Waals surface area contributed by atoms with Crippen molar-refractivity contribution in [3.63, 3.8) is 0 Å². The van der Waals surface area contributed by atoms with Crippen LogP contribution in [0.25, 0.3) is 0 Å². The third kappa shape index (κ3) is 2.58. The maximum absolute atomic E-state index is 11.0. The fraction of sp³-hybridized carbons (Fsp3) is 0.455. The molecule has 0 bridgehead atoms. The minimum absolute atomic E-state index is 0.300. The van der Waals surface area contributed by atoms with Gasteiger partial charge in [0.1, 0.15) is 0 Å². The zero-order chi connectivity index (χ0) is 10.9. The van der Waals surface area contributed by atoms with Crippen LogP contribution in [0.2, 0.25) is 0 Å². The second kappa shape index (κ2) is 3.94. The van der Waals surface area contributed by atoms with Crippen molar-refractivity contribution in [1.29, 1.82) is 0 Å². The van der Waals surface area contributed by atoms with Gasteiger partial charge in [-0.15, -0.1) is 0 Å². The van der Waals surface area contributed by atoms with Crippen LogP contribution in [-0.4, -0.2) is 13.7 Å². The fourth-order valence-corrected chi connectivity index (χ4v) is 3.14. The normalized spacial score (nSPS) is 25.9. The minimum Gasteiger partial charge on any atom is -0.228 e. The van der Waals surface area contributed by atoms with E-state index in [1.165, 1.54) is 5.56 Å². The van der Waals surface area contributed by atoms with Crippen molar-refractivity contribution in [1.82, 2.24) is 0 Å². The maximum atomic E-state index is 11.0. The molecule has 0 aromatic heterocycles. The molecular weight excluding hydrogens is 210 g/mol. The van der Waals surface area contributed by atoms with Crippen molar-refractivity contribution in [2.45, 2.75) is 24.5 Å². The molecule has 1 aliphatic carbocycles. The fourth-order valence-electron chi connectivity index (χ4n) is 2.06. The van der Waals surface area contributed by atoms with E-state index in [1.54, 1.807) is 0 Å². The van der Waals surface area contributed by atoms with Gasteiger partial charge in [0.05, 0.1) is 5.25 Å². The molecule has 3 nitrogen and oxygen atoms in total. The largest absolute Gasteiger partial charge is 0.228 e. The summed E-state index contributed by atoms with van der Waals surface area (Å²) in [5.74, 6) is 0.482. The van der Waals surface area contributed by atoms with E-state index in [1.807, 2.05) is 18.2 Å². The first-order valence-electron chi connectivity index (χ1n) is 5.11. The SMILES string of the molecule is NS(=O)(=O)C1CC(Cc2ccccc2)C1. The Labute approximate surface area is 90.4 Å². The topological polar surface area (TPSA) is 60.2 Å². The molecular formula is C11H15NO2S. The van der Waals surface area contributed by atoms with Crippen LogP contribution in [-0.2, 0) is 16.4 Å². The van der Waals surface area contributed by atoms with E-state index in [0.29, 0.717) is 18.8 Å². The van der Waals surface area contributed by atoms with E-state index in [0.717, 1.165) is 6.42 Å². The highest BCUT2D eigenvalue weighted by Gasteiger charge is 2.36. The molecule has 0 atom stereocenters. The Morgan fingerprint density at radius 1 is 1.20 bits per heavy atom. The van der Waals surface area contributed by atoms with Gasteiger partial charge >= 0.3 is 0 Å². The van der Waals surface area contributed by atoms with Crippen LogP contribution < -0.4 is 5.14 Å². The van der Waals surface area contributed by atoms with Crippen LogP contribution in [0.4, 0.5) is 0 Å². The van der Waals surface area contributed by atoms with Gasteiger partial charge in [0, 0.05) is 0 Å². The van der Waals surface area contributed by atoms with Gasteiger partial charge in [-0.2, -0.15) is 0 Å².